The summed E-state index contributed by atoms with van der Waals surface area (Å²) in [6, 6.07) is 0. The Morgan fingerprint density at radius 2 is 1.24 bits per heavy atom. The molecule has 4 nitrogen and oxygen atoms in total. The second-order valence-electron chi connectivity index (χ2n) is 10.3. The number of hydrogen-bond donors (Lipinski definition) is 0. The maximum Gasteiger partial charge on any atom is 0.311 e. The summed E-state index contributed by atoms with van der Waals surface area (Å²) in [4.78, 5) is 12.4. The molecule has 0 spiro atoms. The first kappa shape index (κ1) is 23.1. The van der Waals surface area contributed by atoms with Gasteiger partial charge in [0.15, 0.2) is 6.29 Å². The zero-order chi connectivity index (χ0) is 20.7. The summed E-state index contributed by atoms with van der Waals surface area (Å²) < 4.78 is 19.0. The van der Waals surface area contributed by atoms with Crippen LogP contribution in [0.15, 0.2) is 0 Å². The molecule has 3 fully saturated rings. The second-order valence-corrected chi connectivity index (χ2v) is 10.3. The Bertz CT molecular complexity index is 483. The largest absolute Gasteiger partial charge is 0.462 e. The number of esters is 1. The van der Waals surface area contributed by atoms with Gasteiger partial charge in [-0.2, -0.15) is 0 Å². The third kappa shape index (κ3) is 6.95. The zero-order valence-electron chi connectivity index (χ0n) is 19.1. The molecule has 0 aromatic carbocycles. The minimum absolute atomic E-state index is 0.0264. The predicted molar refractivity (Wildman–Crippen MR) is 116 cm³/mol. The molecule has 3 saturated carbocycles. The molecule has 0 radical (unpaired) electrons. The number of hydrogen-bond acceptors (Lipinski definition) is 4. The highest BCUT2D eigenvalue weighted by Gasteiger charge is 2.34. The minimum Gasteiger partial charge on any atom is -0.462 e. The van der Waals surface area contributed by atoms with Crippen LogP contribution < -0.4 is 0 Å². The van der Waals surface area contributed by atoms with Crippen molar-refractivity contribution in [3.05, 3.63) is 0 Å². The molecule has 0 aromatic rings. The Labute approximate surface area is 178 Å². The molecule has 0 aromatic heterocycles. The van der Waals surface area contributed by atoms with Gasteiger partial charge in [-0.05, 0) is 71.6 Å². The van der Waals surface area contributed by atoms with E-state index in [0.717, 1.165) is 32.1 Å². The van der Waals surface area contributed by atoms with Gasteiger partial charge in [-0.15, -0.1) is 0 Å². The fraction of sp³-hybridized carbons (Fsp3) is 0.960. The molecule has 4 heteroatoms. The molecule has 0 amide bonds. The number of carbonyl (C=O) groups excluding carboxylic acids is 1. The van der Waals surface area contributed by atoms with Crippen LogP contribution in [-0.4, -0.2) is 30.6 Å². The van der Waals surface area contributed by atoms with Crippen molar-refractivity contribution in [2.24, 2.45) is 11.3 Å². The van der Waals surface area contributed by atoms with Crippen molar-refractivity contribution >= 4 is 5.97 Å². The van der Waals surface area contributed by atoms with Crippen LogP contribution in [0.5, 0.6) is 0 Å². The Hall–Kier alpha value is -0.610. The lowest BCUT2D eigenvalue weighted by Gasteiger charge is -2.38. The number of rotatable bonds is 8. The van der Waals surface area contributed by atoms with E-state index in [2.05, 4.69) is 0 Å². The fourth-order valence-corrected chi connectivity index (χ4v) is 4.98. The summed E-state index contributed by atoms with van der Waals surface area (Å²) in [6.07, 6.45) is 18.1. The van der Waals surface area contributed by atoms with E-state index in [1.54, 1.807) is 0 Å². The van der Waals surface area contributed by atoms with Gasteiger partial charge in [-0.1, -0.05) is 45.4 Å². The maximum absolute atomic E-state index is 12.4. The third-order valence-corrected chi connectivity index (χ3v) is 7.57. The third-order valence-electron chi connectivity index (χ3n) is 7.57. The minimum atomic E-state index is -0.382. The number of ether oxygens (including phenoxy) is 3. The molecule has 3 aliphatic rings. The van der Waals surface area contributed by atoms with Crippen molar-refractivity contribution in [3.8, 4) is 0 Å². The first-order chi connectivity index (χ1) is 14.0. The topological polar surface area (TPSA) is 44.8 Å². The van der Waals surface area contributed by atoms with E-state index in [1.165, 1.54) is 64.2 Å². The van der Waals surface area contributed by atoms with E-state index < -0.39 is 0 Å². The van der Waals surface area contributed by atoms with Crippen LogP contribution >= 0.6 is 0 Å². The molecule has 1 unspecified atom stereocenters. The van der Waals surface area contributed by atoms with Crippen molar-refractivity contribution in [1.82, 2.24) is 0 Å². The first-order valence-corrected chi connectivity index (χ1v) is 12.5. The molecule has 0 saturated heterocycles. The Balaban J connectivity index is 1.48. The molecule has 3 rings (SSSR count). The zero-order valence-corrected chi connectivity index (χ0v) is 19.1. The van der Waals surface area contributed by atoms with Gasteiger partial charge in [0.1, 0.15) is 6.10 Å². The van der Waals surface area contributed by atoms with E-state index in [0.29, 0.717) is 12.0 Å². The van der Waals surface area contributed by atoms with Gasteiger partial charge in [0.05, 0.1) is 17.6 Å². The van der Waals surface area contributed by atoms with Crippen LogP contribution in [0, 0.1) is 11.3 Å². The average molecular weight is 409 g/mol. The molecule has 0 aliphatic heterocycles. The van der Waals surface area contributed by atoms with Crippen molar-refractivity contribution in [3.63, 3.8) is 0 Å². The van der Waals surface area contributed by atoms with Crippen LogP contribution in [0.25, 0.3) is 0 Å². The molecular weight excluding hydrogens is 364 g/mol. The molecule has 29 heavy (non-hydrogen) atoms. The normalized spacial score (nSPS) is 28.8. The smallest absolute Gasteiger partial charge is 0.311 e. The monoisotopic (exact) mass is 408 g/mol. The van der Waals surface area contributed by atoms with Gasteiger partial charge in [0, 0.05) is 5.92 Å². The summed E-state index contributed by atoms with van der Waals surface area (Å²) >= 11 is 0. The van der Waals surface area contributed by atoms with Crippen LogP contribution in [0.4, 0.5) is 0 Å². The highest BCUT2D eigenvalue weighted by Crippen LogP contribution is 2.35. The molecule has 0 heterocycles. The molecule has 168 valence electrons. The van der Waals surface area contributed by atoms with E-state index in [1.807, 2.05) is 20.8 Å². The van der Waals surface area contributed by atoms with E-state index >= 15 is 0 Å². The summed E-state index contributed by atoms with van der Waals surface area (Å²) in [5.41, 5.74) is -0.382. The van der Waals surface area contributed by atoms with Crippen LogP contribution in [-0.2, 0) is 19.0 Å². The van der Waals surface area contributed by atoms with Crippen molar-refractivity contribution in [2.45, 2.75) is 142 Å². The molecular formula is C25H44O4. The Morgan fingerprint density at radius 1 is 0.759 bits per heavy atom. The quantitative estimate of drug-likeness (QED) is 0.337. The SMILES string of the molecule is CCC(C)(C)C(=O)OC1CCC(OC(OC2CCCCC2)C2CCCCC2)CC1. The van der Waals surface area contributed by atoms with Gasteiger partial charge in [0.2, 0.25) is 0 Å². The predicted octanol–water partition coefficient (Wildman–Crippen LogP) is 6.55. The molecule has 0 bridgehead atoms. The van der Waals surface area contributed by atoms with Crippen molar-refractivity contribution in [2.75, 3.05) is 0 Å². The van der Waals surface area contributed by atoms with Crippen molar-refractivity contribution < 1.29 is 19.0 Å². The highest BCUT2D eigenvalue weighted by molar-refractivity contribution is 5.75. The fourth-order valence-electron chi connectivity index (χ4n) is 4.98. The lowest BCUT2D eigenvalue weighted by atomic mass is 9.88. The first-order valence-electron chi connectivity index (χ1n) is 12.5. The van der Waals surface area contributed by atoms with E-state index in [-0.39, 0.29) is 29.9 Å². The standard InChI is InChI=1S/C25H44O4/c1-4-25(2,3)24(26)29-22-17-15-21(16-18-22)28-23(19-11-7-5-8-12-19)27-20-13-9-6-10-14-20/h19-23H,4-18H2,1-3H3. The van der Waals surface area contributed by atoms with Gasteiger partial charge in [-0.3, -0.25) is 4.79 Å². The van der Waals surface area contributed by atoms with Gasteiger partial charge >= 0.3 is 5.97 Å². The van der Waals surface area contributed by atoms with Crippen molar-refractivity contribution in [1.29, 1.82) is 0 Å². The number of carbonyl (C=O) groups is 1. The van der Waals surface area contributed by atoms with Gasteiger partial charge in [0.25, 0.3) is 0 Å². The maximum atomic E-state index is 12.4. The average Bonchev–Trinajstić information content (AvgIpc) is 2.76. The molecule has 3 aliphatic carbocycles. The molecule has 0 N–H and O–H groups in total. The Morgan fingerprint density at radius 3 is 1.79 bits per heavy atom. The second kappa shape index (κ2) is 11.1. The van der Waals surface area contributed by atoms with Gasteiger partial charge in [-0.25, -0.2) is 0 Å². The van der Waals surface area contributed by atoms with E-state index in [4.69, 9.17) is 14.2 Å². The van der Waals surface area contributed by atoms with Crippen LogP contribution in [0.2, 0.25) is 0 Å². The van der Waals surface area contributed by atoms with Gasteiger partial charge < -0.3 is 14.2 Å². The Kier molecular flexibility index (Phi) is 8.85. The van der Waals surface area contributed by atoms with Crippen LogP contribution in [0.1, 0.15) is 117 Å². The van der Waals surface area contributed by atoms with E-state index in [9.17, 15) is 4.79 Å². The highest BCUT2D eigenvalue weighted by atomic mass is 16.7. The van der Waals surface area contributed by atoms with Crippen LogP contribution in [0.3, 0.4) is 0 Å². The molecule has 1 atom stereocenters. The summed E-state index contributed by atoms with van der Waals surface area (Å²) in [5.74, 6) is 0.511. The summed E-state index contributed by atoms with van der Waals surface area (Å²) in [7, 11) is 0. The lowest BCUT2D eigenvalue weighted by molar-refractivity contribution is -0.234. The lowest BCUT2D eigenvalue weighted by Crippen LogP contribution is -2.39. The summed E-state index contributed by atoms with van der Waals surface area (Å²) in [6.45, 7) is 5.99. The summed E-state index contributed by atoms with van der Waals surface area (Å²) in [5, 5.41) is 0.